The van der Waals surface area contributed by atoms with Crippen LogP contribution in [0.5, 0.6) is 0 Å². The highest BCUT2D eigenvalue weighted by Gasteiger charge is 2.15. The standard InChI is InChI=1S/C12H17FN2O4S/c1-8(2)19-6-5-15-12(16)10-4-3-9(7-11(10)13)20(14,17)18/h3-4,7-8H,5-6H2,1-2H3,(H,15,16)(H2,14,17,18). The van der Waals surface area contributed by atoms with Crippen molar-refractivity contribution in [1.82, 2.24) is 5.32 Å². The van der Waals surface area contributed by atoms with Crippen LogP contribution in [0.15, 0.2) is 23.1 Å². The number of sulfonamides is 1. The average molecular weight is 304 g/mol. The van der Waals surface area contributed by atoms with E-state index in [1.807, 2.05) is 13.8 Å². The molecule has 112 valence electrons. The molecule has 0 heterocycles. The molecule has 20 heavy (non-hydrogen) atoms. The lowest BCUT2D eigenvalue weighted by Gasteiger charge is -2.09. The van der Waals surface area contributed by atoms with Gasteiger partial charge in [-0.15, -0.1) is 0 Å². The molecule has 1 aromatic rings. The zero-order valence-corrected chi connectivity index (χ0v) is 12.0. The lowest BCUT2D eigenvalue weighted by molar-refractivity contribution is 0.0745. The van der Waals surface area contributed by atoms with Crippen molar-refractivity contribution in [1.29, 1.82) is 0 Å². The van der Waals surface area contributed by atoms with E-state index in [0.717, 1.165) is 18.2 Å². The second-order valence-electron chi connectivity index (χ2n) is 4.36. The lowest BCUT2D eigenvalue weighted by atomic mass is 10.2. The fourth-order valence-electron chi connectivity index (χ4n) is 1.41. The highest BCUT2D eigenvalue weighted by Crippen LogP contribution is 2.13. The van der Waals surface area contributed by atoms with E-state index in [2.05, 4.69) is 5.32 Å². The smallest absolute Gasteiger partial charge is 0.254 e. The molecule has 1 amide bonds. The number of benzene rings is 1. The maximum Gasteiger partial charge on any atom is 0.254 e. The number of nitrogens with one attached hydrogen (secondary N) is 1. The molecule has 0 aromatic heterocycles. The first-order valence-electron chi connectivity index (χ1n) is 5.94. The first-order chi connectivity index (χ1) is 9.21. The van der Waals surface area contributed by atoms with E-state index in [1.165, 1.54) is 0 Å². The summed E-state index contributed by atoms with van der Waals surface area (Å²) < 4.78 is 40.9. The minimum Gasteiger partial charge on any atom is -0.377 e. The van der Waals surface area contributed by atoms with Gasteiger partial charge < -0.3 is 10.1 Å². The lowest BCUT2D eigenvalue weighted by Crippen LogP contribution is -2.29. The van der Waals surface area contributed by atoms with Crippen LogP contribution >= 0.6 is 0 Å². The van der Waals surface area contributed by atoms with E-state index < -0.39 is 21.7 Å². The predicted octanol–water partition coefficient (Wildman–Crippen LogP) is 0.628. The van der Waals surface area contributed by atoms with Gasteiger partial charge in [-0.1, -0.05) is 0 Å². The van der Waals surface area contributed by atoms with E-state index in [4.69, 9.17) is 9.88 Å². The van der Waals surface area contributed by atoms with Gasteiger partial charge in [-0.25, -0.2) is 17.9 Å². The molecule has 6 nitrogen and oxygen atoms in total. The molecular weight excluding hydrogens is 287 g/mol. The summed E-state index contributed by atoms with van der Waals surface area (Å²) in [5, 5.41) is 7.34. The zero-order valence-electron chi connectivity index (χ0n) is 11.2. The van der Waals surface area contributed by atoms with Crippen molar-refractivity contribution in [3.8, 4) is 0 Å². The van der Waals surface area contributed by atoms with E-state index in [1.54, 1.807) is 0 Å². The largest absolute Gasteiger partial charge is 0.377 e. The van der Waals surface area contributed by atoms with Gasteiger partial charge in [0.15, 0.2) is 0 Å². The van der Waals surface area contributed by atoms with Crippen molar-refractivity contribution in [3.63, 3.8) is 0 Å². The summed E-state index contributed by atoms with van der Waals surface area (Å²) in [6.07, 6.45) is 0.0395. The molecule has 0 aliphatic rings. The van der Waals surface area contributed by atoms with Gasteiger partial charge in [-0.3, -0.25) is 4.79 Å². The molecule has 0 fully saturated rings. The highest BCUT2D eigenvalue weighted by molar-refractivity contribution is 7.89. The Morgan fingerprint density at radius 1 is 1.45 bits per heavy atom. The van der Waals surface area contributed by atoms with Crippen molar-refractivity contribution in [3.05, 3.63) is 29.6 Å². The Morgan fingerprint density at radius 2 is 2.10 bits per heavy atom. The number of hydrogen-bond donors (Lipinski definition) is 2. The SMILES string of the molecule is CC(C)OCCNC(=O)c1ccc(S(N)(=O)=O)cc1F. The van der Waals surface area contributed by atoms with Gasteiger partial charge >= 0.3 is 0 Å². The van der Waals surface area contributed by atoms with Crippen molar-refractivity contribution >= 4 is 15.9 Å². The molecule has 0 spiro atoms. The summed E-state index contributed by atoms with van der Waals surface area (Å²) in [7, 11) is -3.99. The third kappa shape index (κ3) is 4.87. The maximum atomic E-state index is 13.7. The van der Waals surface area contributed by atoms with Crippen LogP contribution in [-0.2, 0) is 14.8 Å². The Balaban J connectivity index is 2.70. The molecule has 0 unspecified atom stereocenters. The summed E-state index contributed by atoms with van der Waals surface area (Å²) in [6, 6.07) is 2.88. The number of amides is 1. The van der Waals surface area contributed by atoms with Gasteiger partial charge in [0.05, 0.1) is 23.2 Å². The summed E-state index contributed by atoms with van der Waals surface area (Å²) >= 11 is 0. The molecule has 0 atom stereocenters. The number of hydrogen-bond acceptors (Lipinski definition) is 4. The third-order valence-corrected chi connectivity index (χ3v) is 3.26. The molecule has 0 saturated heterocycles. The first-order valence-corrected chi connectivity index (χ1v) is 7.48. The van der Waals surface area contributed by atoms with Crippen molar-refractivity contribution in [2.75, 3.05) is 13.2 Å². The number of nitrogens with two attached hydrogens (primary N) is 1. The topological polar surface area (TPSA) is 98.5 Å². The fraction of sp³-hybridized carbons (Fsp3) is 0.417. The molecule has 0 saturated carbocycles. The van der Waals surface area contributed by atoms with Crippen LogP contribution in [0.1, 0.15) is 24.2 Å². The Labute approximate surface area is 117 Å². The van der Waals surface area contributed by atoms with Gasteiger partial charge in [0, 0.05) is 6.54 Å². The number of carbonyl (C=O) groups excluding carboxylic acids is 1. The Hall–Kier alpha value is -1.51. The van der Waals surface area contributed by atoms with Gasteiger partial charge in [0.1, 0.15) is 5.82 Å². The van der Waals surface area contributed by atoms with E-state index in [9.17, 15) is 17.6 Å². The maximum absolute atomic E-state index is 13.7. The van der Waals surface area contributed by atoms with Crippen molar-refractivity contribution < 1.29 is 22.3 Å². The number of ether oxygens (including phenoxy) is 1. The molecule has 1 aromatic carbocycles. The van der Waals surface area contributed by atoms with Gasteiger partial charge in [-0.05, 0) is 32.0 Å². The van der Waals surface area contributed by atoms with Gasteiger partial charge in [-0.2, -0.15) is 0 Å². The quantitative estimate of drug-likeness (QED) is 0.753. The van der Waals surface area contributed by atoms with Crippen LogP contribution in [0.3, 0.4) is 0 Å². The molecule has 0 aliphatic carbocycles. The molecule has 0 aliphatic heterocycles. The Kier molecular flexibility index (Phi) is 5.61. The monoisotopic (exact) mass is 304 g/mol. The number of rotatable bonds is 6. The molecule has 0 bridgehead atoms. The van der Waals surface area contributed by atoms with Gasteiger partial charge in [0.2, 0.25) is 10.0 Å². The predicted molar refractivity (Wildman–Crippen MR) is 71.2 cm³/mol. The normalized spacial score (nSPS) is 11.7. The molecule has 3 N–H and O–H groups in total. The second kappa shape index (κ2) is 6.78. The third-order valence-electron chi connectivity index (χ3n) is 2.35. The fourth-order valence-corrected chi connectivity index (χ4v) is 1.94. The molecular formula is C12H17FN2O4S. The Morgan fingerprint density at radius 3 is 2.60 bits per heavy atom. The van der Waals surface area contributed by atoms with Crippen LogP contribution in [0.25, 0.3) is 0 Å². The molecule has 1 rings (SSSR count). The first kappa shape index (κ1) is 16.5. The van der Waals surface area contributed by atoms with Gasteiger partial charge in [0.25, 0.3) is 5.91 Å². The number of primary sulfonamides is 1. The Bertz CT molecular complexity index is 587. The zero-order chi connectivity index (χ0) is 15.3. The van der Waals surface area contributed by atoms with E-state index in [0.29, 0.717) is 6.61 Å². The number of carbonyl (C=O) groups is 1. The van der Waals surface area contributed by atoms with Crippen LogP contribution in [-0.4, -0.2) is 33.6 Å². The summed E-state index contributed by atoms with van der Waals surface area (Å²) in [6.45, 7) is 4.24. The van der Waals surface area contributed by atoms with Crippen LogP contribution < -0.4 is 10.5 Å². The minimum atomic E-state index is -3.99. The van der Waals surface area contributed by atoms with E-state index >= 15 is 0 Å². The summed E-state index contributed by atoms with van der Waals surface area (Å²) in [5.74, 6) is -1.59. The number of halogens is 1. The minimum absolute atomic E-state index is 0.0395. The molecule has 0 radical (unpaired) electrons. The van der Waals surface area contributed by atoms with Crippen LogP contribution in [0.4, 0.5) is 4.39 Å². The summed E-state index contributed by atoms with van der Waals surface area (Å²) in [4.78, 5) is 11.3. The second-order valence-corrected chi connectivity index (χ2v) is 5.92. The molecule has 8 heteroatoms. The average Bonchev–Trinajstić information content (AvgIpc) is 2.32. The summed E-state index contributed by atoms with van der Waals surface area (Å²) in [5.41, 5.74) is -0.248. The van der Waals surface area contributed by atoms with Crippen molar-refractivity contribution in [2.45, 2.75) is 24.8 Å². The van der Waals surface area contributed by atoms with Crippen LogP contribution in [0.2, 0.25) is 0 Å². The van der Waals surface area contributed by atoms with Crippen LogP contribution in [0, 0.1) is 5.82 Å². The highest BCUT2D eigenvalue weighted by atomic mass is 32.2. The van der Waals surface area contributed by atoms with E-state index in [-0.39, 0.29) is 23.1 Å². The van der Waals surface area contributed by atoms with Crippen molar-refractivity contribution in [2.24, 2.45) is 5.14 Å².